The standard InChI is InChI=1S/C31H26N2O4/c1-35-30-17-22(13-16-29(30)37-20-26-11-6-10-24-8-4-5-12-28(24)26)19-32-33-31(34)21-36-27-15-14-23-7-2-3-9-25(23)18-27/h2-19H,20-21H2,1H3,(H,33,34). The van der Waals surface area contributed by atoms with Crippen molar-refractivity contribution < 1.29 is 19.0 Å². The zero-order chi connectivity index (χ0) is 25.5. The van der Waals surface area contributed by atoms with E-state index < -0.39 is 0 Å². The molecule has 0 aromatic heterocycles. The molecule has 0 aliphatic rings. The van der Waals surface area contributed by atoms with Crippen LogP contribution in [0.15, 0.2) is 108 Å². The molecule has 6 heteroatoms. The van der Waals surface area contributed by atoms with Crippen molar-refractivity contribution in [2.45, 2.75) is 6.61 Å². The van der Waals surface area contributed by atoms with Crippen molar-refractivity contribution in [1.29, 1.82) is 0 Å². The van der Waals surface area contributed by atoms with E-state index in [9.17, 15) is 4.79 Å². The molecule has 0 aliphatic carbocycles. The number of methoxy groups -OCH3 is 1. The Morgan fingerprint density at radius 3 is 2.43 bits per heavy atom. The topological polar surface area (TPSA) is 69.2 Å². The van der Waals surface area contributed by atoms with E-state index in [4.69, 9.17) is 14.2 Å². The minimum Gasteiger partial charge on any atom is -0.493 e. The first kappa shape index (κ1) is 23.9. The second-order valence-electron chi connectivity index (χ2n) is 8.43. The van der Waals surface area contributed by atoms with Crippen LogP contribution in [0.3, 0.4) is 0 Å². The minimum absolute atomic E-state index is 0.139. The van der Waals surface area contributed by atoms with Crippen LogP contribution in [0, 0.1) is 0 Å². The fourth-order valence-corrected chi connectivity index (χ4v) is 4.07. The maximum absolute atomic E-state index is 12.2. The third-order valence-electron chi connectivity index (χ3n) is 5.94. The number of hydrazone groups is 1. The summed E-state index contributed by atoms with van der Waals surface area (Å²) < 4.78 is 17.2. The molecule has 0 bridgehead atoms. The summed E-state index contributed by atoms with van der Waals surface area (Å²) in [6.45, 7) is 0.276. The summed E-state index contributed by atoms with van der Waals surface area (Å²) in [4.78, 5) is 12.2. The third kappa shape index (κ3) is 5.87. The molecule has 0 unspecified atom stereocenters. The predicted molar refractivity (Wildman–Crippen MR) is 146 cm³/mol. The van der Waals surface area contributed by atoms with Gasteiger partial charge in [-0.05, 0) is 63.0 Å². The molecule has 0 heterocycles. The van der Waals surface area contributed by atoms with Gasteiger partial charge in [0.1, 0.15) is 12.4 Å². The number of hydrogen-bond donors (Lipinski definition) is 1. The highest BCUT2D eigenvalue weighted by Crippen LogP contribution is 2.29. The molecule has 0 aliphatic heterocycles. The molecule has 5 aromatic carbocycles. The number of hydrogen-bond acceptors (Lipinski definition) is 5. The predicted octanol–water partition coefficient (Wildman–Crippen LogP) is 6.11. The van der Waals surface area contributed by atoms with Gasteiger partial charge in [-0.3, -0.25) is 4.79 Å². The first-order chi connectivity index (χ1) is 18.2. The van der Waals surface area contributed by atoms with E-state index in [1.807, 2.05) is 72.8 Å². The number of fused-ring (bicyclic) bond motifs is 2. The van der Waals surface area contributed by atoms with E-state index in [1.54, 1.807) is 19.4 Å². The molecule has 184 valence electrons. The summed E-state index contributed by atoms with van der Waals surface area (Å²) in [6, 6.07) is 33.6. The lowest BCUT2D eigenvalue weighted by atomic mass is 10.1. The molecule has 5 rings (SSSR count). The maximum atomic E-state index is 12.2. The van der Waals surface area contributed by atoms with Gasteiger partial charge in [-0.25, -0.2) is 5.43 Å². The van der Waals surface area contributed by atoms with Crippen molar-refractivity contribution in [2.75, 3.05) is 13.7 Å². The first-order valence-corrected chi connectivity index (χ1v) is 11.9. The Kier molecular flexibility index (Phi) is 7.27. The van der Waals surface area contributed by atoms with E-state index in [1.165, 1.54) is 5.39 Å². The number of nitrogens with zero attached hydrogens (tertiary/aromatic N) is 1. The van der Waals surface area contributed by atoms with Crippen LogP contribution in [0.1, 0.15) is 11.1 Å². The normalized spacial score (nSPS) is 11.1. The molecular weight excluding hydrogens is 464 g/mol. The fourth-order valence-electron chi connectivity index (χ4n) is 4.07. The van der Waals surface area contributed by atoms with Crippen LogP contribution in [0.4, 0.5) is 0 Å². The number of nitrogens with one attached hydrogen (secondary N) is 1. The lowest BCUT2D eigenvalue weighted by molar-refractivity contribution is -0.123. The van der Waals surface area contributed by atoms with Gasteiger partial charge < -0.3 is 14.2 Å². The van der Waals surface area contributed by atoms with E-state index in [0.717, 1.165) is 27.3 Å². The Bertz CT molecular complexity index is 1570. The number of benzene rings is 5. The monoisotopic (exact) mass is 490 g/mol. The quantitative estimate of drug-likeness (QED) is 0.200. The minimum atomic E-state index is -0.355. The Hall–Kier alpha value is -4.84. The van der Waals surface area contributed by atoms with Crippen molar-refractivity contribution in [3.63, 3.8) is 0 Å². The summed E-state index contributed by atoms with van der Waals surface area (Å²) in [7, 11) is 1.59. The van der Waals surface area contributed by atoms with Crippen LogP contribution in [0.25, 0.3) is 21.5 Å². The molecule has 0 atom stereocenters. The van der Waals surface area contributed by atoms with Crippen molar-refractivity contribution in [3.8, 4) is 17.2 Å². The number of rotatable bonds is 9. The second-order valence-corrected chi connectivity index (χ2v) is 8.43. The second kappa shape index (κ2) is 11.3. The molecule has 37 heavy (non-hydrogen) atoms. The van der Waals surface area contributed by atoms with Gasteiger partial charge in [-0.15, -0.1) is 0 Å². The van der Waals surface area contributed by atoms with Crippen molar-refractivity contribution in [1.82, 2.24) is 5.43 Å². The van der Waals surface area contributed by atoms with Crippen LogP contribution in [0.5, 0.6) is 17.2 Å². The first-order valence-electron chi connectivity index (χ1n) is 11.9. The number of amides is 1. The SMILES string of the molecule is COc1cc(C=NNC(=O)COc2ccc3ccccc3c2)ccc1OCc1cccc2ccccc12. The van der Waals surface area contributed by atoms with Gasteiger partial charge in [0.2, 0.25) is 0 Å². The number of ether oxygens (including phenoxy) is 3. The average Bonchev–Trinajstić information content (AvgIpc) is 2.95. The highest BCUT2D eigenvalue weighted by atomic mass is 16.5. The Morgan fingerprint density at radius 1 is 0.784 bits per heavy atom. The molecule has 1 N–H and O–H groups in total. The van der Waals surface area contributed by atoms with Gasteiger partial charge >= 0.3 is 0 Å². The van der Waals surface area contributed by atoms with Crippen LogP contribution in [-0.4, -0.2) is 25.8 Å². The molecular formula is C31H26N2O4. The van der Waals surface area contributed by atoms with E-state index in [2.05, 4.69) is 34.8 Å². The van der Waals surface area contributed by atoms with Crippen LogP contribution < -0.4 is 19.6 Å². The summed E-state index contributed by atoms with van der Waals surface area (Å²) in [5, 5.41) is 8.54. The van der Waals surface area contributed by atoms with Crippen molar-refractivity contribution >= 4 is 33.7 Å². The largest absolute Gasteiger partial charge is 0.493 e. The summed E-state index contributed by atoms with van der Waals surface area (Å²) in [5.74, 6) is 1.48. The Morgan fingerprint density at radius 2 is 1.57 bits per heavy atom. The molecule has 0 radical (unpaired) electrons. The Labute approximate surface area is 215 Å². The molecule has 1 amide bonds. The number of carbonyl (C=O) groups is 1. The Balaban J connectivity index is 1.16. The van der Waals surface area contributed by atoms with Gasteiger partial charge in [-0.1, -0.05) is 72.8 Å². The molecule has 0 saturated carbocycles. The van der Waals surface area contributed by atoms with E-state index >= 15 is 0 Å². The molecule has 0 saturated heterocycles. The average molecular weight is 491 g/mol. The van der Waals surface area contributed by atoms with Gasteiger partial charge in [0.15, 0.2) is 18.1 Å². The zero-order valence-corrected chi connectivity index (χ0v) is 20.4. The summed E-state index contributed by atoms with van der Waals surface area (Å²) in [6.07, 6.45) is 1.55. The van der Waals surface area contributed by atoms with Crippen LogP contribution in [0.2, 0.25) is 0 Å². The van der Waals surface area contributed by atoms with Gasteiger partial charge in [-0.2, -0.15) is 5.10 Å². The third-order valence-corrected chi connectivity index (χ3v) is 5.94. The highest BCUT2D eigenvalue weighted by molar-refractivity contribution is 5.86. The van der Waals surface area contributed by atoms with Crippen LogP contribution >= 0.6 is 0 Å². The van der Waals surface area contributed by atoms with Crippen LogP contribution in [-0.2, 0) is 11.4 Å². The zero-order valence-electron chi connectivity index (χ0n) is 20.4. The van der Waals surface area contributed by atoms with Gasteiger partial charge in [0, 0.05) is 0 Å². The summed E-state index contributed by atoms with van der Waals surface area (Å²) in [5.41, 5.74) is 4.34. The molecule has 6 nitrogen and oxygen atoms in total. The fraction of sp³-hybridized carbons (Fsp3) is 0.0968. The number of carbonyl (C=O) groups excluding carboxylic acids is 1. The van der Waals surface area contributed by atoms with Gasteiger partial charge in [0.25, 0.3) is 5.91 Å². The van der Waals surface area contributed by atoms with E-state index in [-0.39, 0.29) is 12.5 Å². The van der Waals surface area contributed by atoms with E-state index in [0.29, 0.717) is 23.9 Å². The van der Waals surface area contributed by atoms with Crippen molar-refractivity contribution in [2.24, 2.45) is 5.10 Å². The molecule has 0 spiro atoms. The molecule has 0 fully saturated rings. The smallest absolute Gasteiger partial charge is 0.277 e. The maximum Gasteiger partial charge on any atom is 0.277 e. The summed E-state index contributed by atoms with van der Waals surface area (Å²) >= 11 is 0. The van der Waals surface area contributed by atoms with Crippen molar-refractivity contribution in [3.05, 3.63) is 114 Å². The molecule has 5 aromatic rings. The van der Waals surface area contributed by atoms with Gasteiger partial charge in [0.05, 0.1) is 13.3 Å². The highest BCUT2D eigenvalue weighted by Gasteiger charge is 2.08. The lowest BCUT2D eigenvalue weighted by Gasteiger charge is -2.12. The lowest BCUT2D eigenvalue weighted by Crippen LogP contribution is -2.24.